The number of rotatable bonds is 4. The van der Waals surface area contributed by atoms with Gasteiger partial charge in [-0.2, -0.15) is 0 Å². The van der Waals surface area contributed by atoms with E-state index in [-0.39, 0.29) is 15.3 Å². The van der Waals surface area contributed by atoms with Crippen molar-refractivity contribution in [2.45, 2.75) is 26.2 Å². The van der Waals surface area contributed by atoms with Crippen LogP contribution in [0.2, 0.25) is 0 Å². The van der Waals surface area contributed by atoms with Crippen LogP contribution in [0.3, 0.4) is 0 Å². The Morgan fingerprint density at radius 3 is 2.42 bits per heavy atom. The lowest BCUT2D eigenvalue weighted by molar-refractivity contribution is -0.380. The number of benzene rings is 1. The molecule has 3 heterocycles. The van der Waals surface area contributed by atoms with Crippen molar-refractivity contribution in [2.24, 2.45) is 7.05 Å². The third kappa shape index (κ3) is 4.17. The van der Waals surface area contributed by atoms with E-state index in [0.717, 1.165) is 16.9 Å². The number of anilines is 1. The molecule has 31 heavy (non-hydrogen) atoms. The zero-order chi connectivity index (χ0) is 22.3. The number of carbonyl (C=O) groups excluding carboxylic acids is 1. The van der Waals surface area contributed by atoms with Gasteiger partial charge < -0.3 is 9.88 Å². The molecule has 1 amide bonds. The number of thiophene rings is 1. The lowest BCUT2D eigenvalue weighted by Crippen LogP contribution is -2.12. The Kier molecular flexibility index (Phi) is 5.06. The highest BCUT2D eigenvalue weighted by Gasteiger charge is 2.19. The topological polar surface area (TPSA) is 103 Å². The second-order valence-electron chi connectivity index (χ2n) is 8.29. The predicted octanol–water partition coefficient (Wildman–Crippen LogP) is 5.15. The lowest BCUT2D eigenvalue weighted by atomic mass is 9.87. The number of nitrogens with zero attached hydrogens (tertiary/aromatic N) is 4. The Hall–Kier alpha value is -3.59. The number of aryl methyl sites for hydroxylation is 1. The van der Waals surface area contributed by atoms with Crippen molar-refractivity contribution in [2.75, 3.05) is 5.32 Å². The molecule has 4 rings (SSSR count). The highest BCUT2D eigenvalue weighted by atomic mass is 32.1. The maximum atomic E-state index is 12.7. The molecule has 1 N–H and O–H groups in total. The quantitative estimate of drug-likeness (QED) is 0.352. The zero-order valence-electron chi connectivity index (χ0n) is 17.5. The van der Waals surface area contributed by atoms with Gasteiger partial charge in [0.1, 0.15) is 5.82 Å². The van der Waals surface area contributed by atoms with Crippen molar-refractivity contribution in [3.63, 3.8) is 0 Å². The van der Waals surface area contributed by atoms with E-state index in [2.05, 4.69) is 48.2 Å². The van der Waals surface area contributed by atoms with Gasteiger partial charge in [-0.15, -0.1) is 0 Å². The minimum Gasteiger partial charge on any atom is -0.354 e. The van der Waals surface area contributed by atoms with Crippen LogP contribution in [0.4, 0.5) is 10.8 Å². The van der Waals surface area contributed by atoms with Crippen LogP contribution in [0.25, 0.3) is 22.3 Å². The van der Waals surface area contributed by atoms with Crippen LogP contribution >= 0.6 is 11.3 Å². The molecule has 0 unspecified atom stereocenters. The third-order valence-corrected chi connectivity index (χ3v) is 5.91. The van der Waals surface area contributed by atoms with Crippen LogP contribution in [0, 0.1) is 10.1 Å². The van der Waals surface area contributed by atoms with E-state index in [0.29, 0.717) is 22.5 Å². The van der Waals surface area contributed by atoms with Crippen molar-refractivity contribution in [3.8, 4) is 11.4 Å². The average molecular weight is 436 g/mol. The molecule has 0 fully saturated rings. The summed E-state index contributed by atoms with van der Waals surface area (Å²) in [4.78, 5) is 32.6. The van der Waals surface area contributed by atoms with Gasteiger partial charge in [0.25, 0.3) is 5.91 Å². The monoisotopic (exact) mass is 435 g/mol. The highest BCUT2D eigenvalue weighted by molar-refractivity contribution is 7.17. The molecule has 0 saturated carbocycles. The first kappa shape index (κ1) is 20.7. The number of nitro groups is 1. The Balaban J connectivity index is 1.72. The first-order valence-electron chi connectivity index (χ1n) is 9.62. The zero-order valence-corrected chi connectivity index (χ0v) is 18.4. The van der Waals surface area contributed by atoms with E-state index >= 15 is 0 Å². The molecule has 9 heteroatoms. The van der Waals surface area contributed by atoms with Gasteiger partial charge in [-0.25, -0.2) is 9.97 Å². The second-order valence-corrected chi connectivity index (χ2v) is 9.36. The number of nitrogens with one attached hydrogen (secondary N) is 1. The normalized spacial score (nSPS) is 11.6. The molecule has 0 aliphatic carbocycles. The molecule has 0 saturated heterocycles. The van der Waals surface area contributed by atoms with E-state index in [4.69, 9.17) is 0 Å². The number of hydrogen-bond acceptors (Lipinski definition) is 6. The fraction of sp³-hybridized carbons (Fsp3) is 0.227. The molecular weight excluding hydrogens is 414 g/mol. The van der Waals surface area contributed by atoms with E-state index in [1.807, 2.05) is 36.1 Å². The fourth-order valence-electron chi connectivity index (χ4n) is 3.21. The van der Waals surface area contributed by atoms with Crippen LogP contribution in [0.1, 0.15) is 36.0 Å². The number of amides is 1. The van der Waals surface area contributed by atoms with Crippen LogP contribution in [0.5, 0.6) is 0 Å². The van der Waals surface area contributed by atoms with Crippen LogP contribution < -0.4 is 5.32 Å². The van der Waals surface area contributed by atoms with Crippen molar-refractivity contribution < 1.29 is 9.72 Å². The minimum absolute atomic E-state index is 0.0330. The van der Waals surface area contributed by atoms with Crippen LogP contribution in [-0.4, -0.2) is 25.4 Å². The molecule has 0 bridgehead atoms. The van der Waals surface area contributed by atoms with Gasteiger partial charge in [0, 0.05) is 31.1 Å². The molecule has 0 spiro atoms. The smallest absolute Gasteiger partial charge is 0.324 e. The summed E-state index contributed by atoms with van der Waals surface area (Å²) in [7, 11) is 1.87. The Morgan fingerprint density at radius 2 is 1.81 bits per heavy atom. The second kappa shape index (κ2) is 7.59. The summed E-state index contributed by atoms with van der Waals surface area (Å²) >= 11 is 0.824. The Bertz CT molecular complexity index is 1300. The van der Waals surface area contributed by atoms with E-state index in [1.54, 1.807) is 0 Å². The van der Waals surface area contributed by atoms with E-state index in [1.165, 1.54) is 17.7 Å². The van der Waals surface area contributed by atoms with Crippen molar-refractivity contribution in [1.82, 2.24) is 14.5 Å². The highest BCUT2D eigenvalue weighted by Crippen LogP contribution is 2.29. The molecule has 0 aliphatic heterocycles. The summed E-state index contributed by atoms with van der Waals surface area (Å²) < 4.78 is 1.84. The first-order chi connectivity index (χ1) is 14.6. The average Bonchev–Trinajstić information content (AvgIpc) is 3.34. The van der Waals surface area contributed by atoms with Crippen LogP contribution in [-0.2, 0) is 12.5 Å². The van der Waals surface area contributed by atoms with E-state index in [9.17, 15) is 14.9 Å². The van der Waals surface area contributed by atoms with Gasteiger partial charge in [0.2, 0.25) is 0 Å². The molecule has 0 atom stereocenters. The standard InChI is InChI=1S/C22H21N5O3S/c1-22(2,3)14-7-5-13(6-8-14)19-23-16-12-26(4)11-15(16)20(24-19)25-21(28)17-9-10-18(31-17)27(29)30/h5-12H,1-4H3,(H,23,24,25,28). The summed E-state index contributed by atoms with van der Waals surface area (Å²) in [5, 5.41) is 14.3. The third-order valence-electron chi connectivity index (χ3n) is 4.87. The van der Waals surface area contributed by atoms with Crippen molar-refractivity contribution in [1.29, 1.82) is 0 Å². The maximum absolute atomic E-state index is 12.7. The Labute approximate surface area is 182 Å². The van der Waals surface area contributed by atoms with Crippen LogP contribution in [0.15, 0.2) is 48.8 Å². The Morgan fingerprint density at radius 1 is 1.10 bits per heavy atom. The number of fused-ring (bicyclic) bond motifs is 1. The largest absolute Gasteiger partial charge is 0.354 e. The van der Waals surface area contributed by atoms with Crippen molar-refractivity contribution >= 4 is 39.0 Å². The van der Waals surface area contributed by atoms with Gasteiger partial charge in [-0.05, 0) is 17.0 Å². The lowest BCUT2D eigenvalue weighted by Gasteiger charge is -2.19. The summed E-state index contributed by atoms with van der Waals surface area (Å²) in [6, 6.07) is 10.8. The van der Waals surface area contributed by atoms with Gasteiger partial charge in [0.15, 0.2) is 5.82 Å². The van der Waals surface area contributed by atoms with Crippen molar-refractivity contribution in [3.05, 3.63) is 69.3 Å². The van der Waals surface area contributed by atoms with Gasteiger partial charge in [0.05, 0.1) is 20.7 Å². The molecule has 158 valence electrons. The predicted molar refractivity (Wildman–Crippen MR) is 122 cm³/mol. The molecule has 8 nitrogen and oxygen atoms in total. The molecular formula is C22H21N5O3S. The van der Waals surface area contributed by atoms with Gasteiger partial charge >= 0.3 is 5.00 Å². The van der Waals surface area contributed by atoms with E-state index < -0.39 is 10.8 Å². The SMILES string of the molecule is Cn1cc2nc(-c3ccc(C(C)(C)C)cc3)nc(NC(=O)c3ccc([N+](=O)[O-])s3)c2c1. The fourth-order valence-corrected chi connectivity index (χ4v) is 3.92. The number of aromatic nitrogens is 3. The molecule has 1 aromatic carbocycles. The summed E-state index contributed by atoms with van der Waals surface area (Å²) in [5.74, 6) is 0.407. The van der Waals surface area contributed by atoms with Gasteiger partial charge in [-0.1, -0.05) is 56.4 Å². The summed E-state index contributed by atoms with van der Waals surface area (Å²) in [6.07, 6.45) is 3.68. The molecule has 0 radical (unpaired) electrons. The summed E-state index contributed by atoms with van der Waals surface area (Å²) in [6.45, 7) is 6.45. The number of hydrogen-bond donors (Lipinski definition) is 1. The molecule has 3 aromatic heterocycles. The number of carbonyl (C=O) groups is 1. The molecule has 4 aromatic rings. The maximum Gasteiger partial charge on any atom is 0.324 e. The summed E-state index contributed by atoms with van der Waals surface area (Å²) in [5.41, 5.74) is 2.76. The van der Waals surface area contributed by atoms with Gasteiger partial charge in [-0.3, -0.25) is 14.9 Å². The molecule has 0 aliphatic rings. The minimum atomic E-state index is -0.513. The first-order valence-corrected chi connectivity index (χ1v) is 10.4.